The van der Waals surface area contributed by atoms with Gasteiger partial charge in [0.15, 0.2) is 0 Å². The Morgan fingerprint density at radius 3 is 1.96 bits per heavy atom. The number of aromatic nitrogens is 2. The summed E-state index contributed by atoms with van der Waals surface area (Å²) in [6.45, 7) is 0. The van der Waals surface area contributed by atoms with Crippen molar-refractivity contribution in [1.82, 2.24) is 9.97 Å². The minimum Gasteiger partial charge on any atom is -0.254 e. The van der Waals surface area contributed by atoms with Crippen LogP contribution in [0.4, 0.5) is 0 Å². The normalized spacial score (nSPS) is 10.7. The van der Waals surface area contributed by atoms with Gasteiger partial charge in [0.05, 0.1) is 16.7 Å². The summed E-state index contributed by atoms with van der Waals surface area (Å²) in [5.41, 5.74) is 6.30. The van der Waals surface area contributed by atoms with E-state index in [9.17, 15) is 0 Å². The van der Waals surface area contributed by atoms with Gasteiger partial charge in [0, 0.05) is 28.1 Å². The summed E-state index contributed by atoms with van der Waals surface area (Å²) in [4.78, 5) is 9.67. The summed E-state index contributed by atoms with van der Waals surface area (Å²) in [6, 6.07) is 31.3. The second-order valence-corrected chi connectivity index (χ2v) is 6.33. The van der Waals surface area contributed by atoms with Crippen molar-refractivity contribution in [2.45, 2.75) is 0 Å². The fraction of sp³-hybridized carbons (Fsp3) is 0. The Balaban J connectivity index is 0.00000180. The van der Waals surface area contributed by atoms with Crippen LogP contribution in [0.1, 0.15) is 0 Å². The zero-order chi connectivity index (χ0) is 17.3. The number of hydrogen-bond acceptors (Lipinski definition) is 2. The van der Waals surface area contributed by atoms with Crippen molar-refractivity contribution >= 4 is 90.7 Å². The maximum absolute atomic E-state index is 5.09. The molecule has 0 aliphatic heterocycles. The van der Waals surface area contributed by atoms with E-state index in [1.54, 1.807) is 0 Å². The first kappa shape index (κ1) is 18.9. The summed E-state index contributed by atoms with van der Waals surface area (Å²) < 4.78 is 0. The molecule has 0 aliphatic rings. The third-order valence-corrected chi connectivity index (χ3v) is 4.69. The Morgan fingerprint density at radius 2 is 1.22 bits per heavy atom. The fourth-order valence-corrected chi connectivity index (χ4v) is 3.43. The van der Waals surface area contributed by atoms with Crippen LogP contribution in [0.25, 0.3) is 44.2 Å². The Kier molecular flexibility index (Phi) is 5.78. The van der Waals surface area contributed by atoms with Crippen molar-refractivity contribution in [3.63, 3.8) is 0 Å². The van der Waals surface area contributed by atoms with E-state index < -0.39 is 0 Å². The van der Waals surface area contributed by atoms with E-state index in [1.807, 2.05) is 24.4 Å². The average Bonchev–Trinajstić information content (AvgIpc) is 2.74. The van der Waals surface area contributed by atoms with E-state index >= 15 is 0 Å². The summed E-state index contributed by atoms with van der Waals surface area (Å²) in [6.07, 6.45) is 1.83. The first-order valence-corrected chi connectivity index (χ1v) is 8.69. The van der Waals surface area contributed by atoms with Gasteiger partial charge in [-0.05, 0) is 17.7 Å². The molecular formula is C24H17CsN2. The SMILES string of the molecule is [CsH].c1ccc(-c2cc3ccc4cccnc4c3nc2-c2ccccc2)cc1. The zero-order valence-electron chi connectivity index (χ0n) is 14.1. The molecule has 0 N–H and O–H groups in total. The molecule has 27 heavy (non-hydrogen) atoms. The molecular weight excluding hydrogens is 449 g/mol. The Labute approximate surface area is 217 Å². The molecule has 2 heterocycles. The average molecular weight is 466 g/mol. The molecule has 0 radical (unpaired) electrons. The molecule has 2 aromatic heterocycles. The van der Waals surface area contributed by atoms with Gasteiger partial charge in [-0.25, -0.2) is 4.98 Å². The van der Waals surface area contributed by atoms with Gasteiger partial charge in [0.1, 0.15) is 0 Å². The second kappa shape index (κ2) is 8.27. The van der Waals surface area contributed by atoms with Gasteiger partial charge in [-0.15, -0.1) is 0 Å². The Hall–Kier alpha value is -1.47. The van der Waals surface area contributed by atoms with Crippen molar-refractivity contribution in [3.05, 3.63) is 97.2 Å². The molecule has 0 unspecified atom stereocenters. The van der Waals surface area contributed by atoms with Crippen LogP contribution in [-0.4, -0.2) is 78.9 Å². The van der Waals surface area contributed by atoms with E-state index in [-0.39, 0.29) is 68.9 Å². The third kappa shape index (κ3) is 3.64. The molecule has 3 heteroatoms. The molecule has 0 atom stereocenters. The molecule has 0 aliphatic carbocycles. The van der Waals surface area contributed by atoms with Gasteiger partial charge in [-0.3, -0.25) is 4.98 Å². The van der Waals surface area contributed by atoms with Crippen LogP contribution in [0.5, 0.6) is 0 Å². The summed E-state index contributed by atoms with van der Waals surface area (Å²) in [7, 11) is 0. The van der Waals surface area contributed by atoms with Crippen LogP contribution < -0.4 is 0 Å². The van der Waals surface area contributed by atoms with Crippen LogP contribution >= 0.6 is 0 Å². The van der Waals surface area contributed by atoms with Crippen molar-refractivity contribution in [1.29, 1.82) is 0 Å². The number of pyridine rings is 2. The Bertz CT molecular complexity index is 1220. The van der Waals surface area contributed by atoms with Crippen LogP contribution in [0.3, 0.4) is 0 Å². The minimum atomic E-state index is 0. The molecule has 0 fully saturated rings. The van der Waals surface area contributed by atoms with Gasteiger partial charge >= 0.3 is 68.9 Å². The van der Waals surface area contributed by atoms with Gasteiger partial charge in [0.2, 0.25) is 0 Å². The van der Waals surface area contributed by atoms with Gasteiger partial charge in [0.25, 0.3) is 0 Å². The molecule has 3 aromatic carbocycles. The van der Waals surface area contributed by atoms with Crippen molar-refractivity contribution < 1.29 is 0 Å². The predicted molar refractivity (Wildman–Crippen MR) is 115 cm³/mol. The fourth-order valence-electron chi connectivity index (χ4n) is 3.43. The summed E-state index contributed by atoms with van der Waals surface area (Å²) >= 11 is 0. The van der Waals surface area contributed by atoms with E-state index in [1.165, 1.54) is 5.56 Å². The van der Waals surface area contributed by atoms with Crippen LogP contribution in [0.15, 0.2) is 97.2 Å². The van der Waals surface area contributed by atoms with Gasteiger partial charge in [-0.1, -0.05) is 78.9 Å². The molecule has 0 saturated heterocycles. The first-order valence-electron chi connectivity index (χ1n) is 8.69. The predicted octanol–water partition coefficient (Wildman–Crippen LogP) is 5.47. The zero-order valence-corrected chi connectivity index (χ0v) is 14.1. The maximum atomic E-state index is 5.09. The van der Waals surface area contributed by atoms with Crippen LogP contribution in [-0.2, 0) is 0 Å². The maximum Gasteiger partial charge on any atom is 0.0972 e. The molecule has 2 nitrogen and oxygen atoms in total. The topological polar surface area (TPSA) is 25.8 Å². The molecule has 124 valence electrons. The molecule has 0 amide bonds. The largest absolute Gasteiger partial charge is 0.254 e. The van der Waals surface area contributed by atoms with Crippen LogP contribution in [0, 0.1) is 0 Å². The van der Waals surface area contributed by atoms with E-state index in [2.05, 4.69) is 77.8 Å². The monoisotopic (exact) mass is 466 g/mol. The molecule has 0 saturated carbocycles. The van der Waals surface area contributed by atoms with Crippen molar-refractivity contribution in [2.75, 3.05) is 0 Å². The van der Waals surface area contributed by atoms with Gasteiger partial charge in [-0.2, -0.15) is 0 Å². The number of rotatable bonds is 2. The smallest absolute Gasteiger partial charge is 0.0972 e. The quantitative estimate of drug-likeness (QED) is 0.323. The molecule has 5 aromatic rings. The van der Waals surface area contributed by atoms with Crippen molar-refractivity contribution in [2.24, 2.45) is 0 Å². The number of nitrogens with zero attached hydrogens (tertiary/aromatic N) is 2. The number of hydrogen-bond donors (Lipinski definition) is 0. The Morgan fingerprint density at radius 1 is 0.556 bits per heavy atom. The first-order chi connectivity index (χ1) is 12.9. The van der Waals surface area contributed by atoms with Gasteiger partial charge < -0.3 is 0 Å². The minimum absolute atomic E-state index is 0. The molecule has 0 bridgehead atoms. The third-order valence-electron chi connectivity index (χ3n) is 4.69. The second-order valence-electron chi connectivity index (χ2n) is 6.33. The molecule has 5 rings (SSSR count). The summed E-state index contributed by atoms with van der Waals surface area (Å²) in [5, 5.41) is 2.22. The number of benzene rings is 3. The molecule has 0 spiro atoms. The van der Waals surface area contributed by atoms with E-state index in [0.29, 0.717) is 0 Å². The standard InChI is InChI=1S/C24H16N2.Cs.H/c1-3-8-17(9-4-1)21-16-20-14-13-19-12-7-15-25-23(19)24(20)26-22(21)18-10-5-2-6-11-18;;/h1-16H;;. The number of fused-ring (bicyclic) bond motifs is 3. The summed E-state index contributed by atoms with van der Waals surface area (Å²) in [5.74, 6) is 0. The van der Waals surface area contributed by atoms with Crippen molar-refractivity contribution in [3.8, 4) is 22.4 Å². The van der Waals surface area contributed by atoms with E-state index in [4.69, 9.17) is 4.98 Å². The van der Waals surface area contributed by atoms with E-state index in [0.717, 1.165) is 38.6 Å². The van der Waals surface area contributed by atoms with Crippen LogP contribution in [0.2, 0.25) is 0 Å².